The summed E-state index contributed by atoms with van der Waals surface area (Å²) >= 11 is 0. The fourth-order valence-corrected chi connectivity index (χ4v) is 3.00. The Hall–Kier alpha value is -2.61. The topological polar surface area (TPSA) is 70.1 Å². The molecule has 0 aliphatic heterocycles. The molecule has 138 valence electrons. The van der Waals surface area contributed by atoms with E-state index in [1.165, 1.54) is 4.57 Å². The van der Waals surface area contributed by atoms with E-state index in [1.807, 2.05) is 0 Å². The van der Waals surface area contributed by atoms with Gasteiger partial charge in [0.05, 0.1) is 23.0 Å². The van der Waals surface area contributed by atoms with Gasteiger partial charge in [0, 0.05) is 30.7 Å². The van der Waals surface area contributed by atoms with Gasteiger partial charge in [-0.05, 0) is 30.5 Å². The van der Waals surface area contributed by atoms with Crippen LogP contribution >= 0.6 is 0 Å². The SMILES string of the molecule is Cc1nccc2c1c(=O)n(C)c1cc(OC[C@H](N)CC(F)(F)F)ccc21. The Morgan fingerprint density at radius 3 is 2.69 bits per heavy atom. The molecule has 2 aromatic heterocycles. The number of rotatable bonds is 4. The molecule has 0 fully saturated rings. The van der Waals surface area contributed by atoms with Gasteiger partial charge in [-0.1, -0.05) is 0 Å². The predicted molar refractivity (Wildman–Crippen MR) is 93.4 cm³/mol. The molecule has 0 saturated heterocycles. The number of hydrogen-bond donors (Lipinski definition) is 1. The van der Waals surface area contributed by atoms with E-state index in [2.05, 4.69) is 4.98 Å². The molecule has 1 atom stereocenters. The van der Waals surface area contributed by atoms with Crippen molar-refractivity contribution >= 4 is 21.7 Å². The third-order valence-electron chi connectivity index (χ3n) is 4.24. The summed E-state index contributed by atoms with van der Waals surface area (Å²) in [6.45, 7) is 1.50. The van der Waals surface area contributed by atoms with E-state index in [0.717, 1.165) is 10.8 Å². The molecular weight excluding hydrogens is 347 g/mol. The summed E-state index contributed by atoms with van der Waals surface area (Å²) in [4.78, 5) is 16.8. The molecule has 2 N–H and O–H groups in total. The Morgan fingerprint density at radius 2 is 2.00 bits per heavy atom. The highest BCUT2D eigenvalue weighted by atomic mass is 19.4. The molecule has 0 aliphatic carbocycles. The number of nitrogens with zero attached hydrogens (tertiary/aromatic N) is 2. The zero-order valence-corrected chi connectivity index (χ0v) is 14.3. The predicted octanol–water partition coefficient (Wildman–Crippen LogP) is 3.05. The normalized spacial score (nSPS) is 13.3. The highest BCUT2D eigenvalue weighted by Gasteiger charge is 2.30. The van der Waals surface area contributed by atoms with Crippen LogP contribution in [-0.2, 0) is 7.05 Å². The van der Waals surface area contributed by atoms with Gasteiger partial charge in [0.15, 0.2) is 0 Å². The number of pyridine rings is 2. The van der Waals surface area contributed by atoms with Crippen molar-refractivity contribution in [3.63, 3.8) is 0 Å². The number of fused-ring (bicyclic) bond motifs is 3. The number of hydrogen-bond acceptors (Lipinski definition) is 4. The Balaban J connectivity index is 1.98. The van der Waals surface area contributed by atoms with Crippen LogP contribution in [0.2, 0.25) is 0 Å². The molecule has 0 spiro atoms. The second-order valence-electron chi connectivity index (χ2n) is 6.25. The molecule has 0 saturated carbocycles. The summed E-state index contributed by atoms with van der Waals surface area (Å²) < 4.78 is 43.9. The van der Waals surface area contributed by atoms with Gasteiger partial charge in [-0.25, -0.2) is 0 Å². The Bertz CT molecular complexity index is 1030. The number of benzene rings is 1. The van der Waals surface area contributed by atoms with Crippen LogP contribution in [0.1, 0.15) is 12.1 Å². The molecule has 0 aliphatic rings. The van der Waals surface area contributed by atoms with Gasteiger partial charge in [0.25, 0.3) is 5.56 Å². The van der Waals surface area contributed by atoms with E-state index in [4.69, 9.17) is 10.5 Å². The maximum absolute atomic E-state index is 12.6. The van der Waals surface area contributed by atoms with Crippen molar-refractivity contribution in [2.75, 3.05) is 6.61 Å². The van der Waals surface area contributed by atoms with Crippen LogP contribution in [0.3, 0.4) is 0 Å². The number of halogens is 3. The first kappa shape index (κ1) is 18.2. The molecule has 0 amide bonds. The molecule has 2 heterocycles. The van der Waals surface area contributed by atoms with Crippen molar-refractivity contribution in [1.82, 2.24) is 9.55 Å². The zero-order valence-electron chi connectivity index (χ0n) is 14.3. The van der Waals surface area contributed by atoms with E-state index in [9.17, 15) is 18.0 Å². The van der Waals surface area contributed by atoms with Crippen LogP contribution in [0.4, 0.5) is 13.2 Å². The summed E-state index contributed by atoms with van der Waals surface area (Å²) in [6.07, 6.45) is -3.81. The second-order valence-corrected chi connectivity index (χ2v) is 6.25. The van der Waals surface area contributed by atoms with Gasteiger partial charge in [-0.3, -0.25) is 9.78 Å². The van der Waals surface area contributed by atoms with Crippen LogP contribution in [0.25, 0.3) is 21.7 Å². The van der Waals surface area contributed by atoms with Crippen LogP contribution in [0.5, 0.6) is 5.75 Å². The summed E-state index contributed by atoms with van der Waals surface area (Å²) in [5.41, 5.74) is 6.53. The number of aryl methyl sites for hydroxylation is 2. The molecule has 8 heteroatoms. The molecule has 0 radical (unpaired) electrons. The average Bonchev–Trinajstić information content (AvgIpc) is 2.56. The van der Waals surface area contributed by atoms with E-state index >= 15 is 0 Å². The quantitative estimate of drug-likeness (QED) is 0.722. The first-order valence-electron chi connectivity index (χ1n) is 8.00. The maximum atomic E-state index is 12.6. The fourth-order valence-electron chi connectivity index (χ4n) is 3.00. The van der Waals surface area contributed by atoms with Gasteiger partial charge >= 0.3 is 6.18 Å². The summed E-state index contributed by atoms with van der Waals surface area (Å²) in [6, 6.07) is 5.68. The van der Waals surface area contributed by atoms with E-state index < -0.39 is 18.6 Å². The van der Waals surface area contributed by atoms with Gasteiger partial charge < -0.3 is 15.0 Å². The number of aromatic nitrogens is 2. The molecule has 0 unspecified atom stereocenters. The first-order chi connectivity index (χ1) is 12.2. The number of nitrogens with two attached hydrogens (primary N) is 1. The number of alkyl halides is 3. The molecule has 3 rings (SSSR count). The monoisotopic (exact) mass is 365 g/mol. The maximum Gasteiger partial charge on any atom is 0.390 e. The van der Waals surface area contributed by atoms with Crippen molar-refractivity contribution in [2.45, 2.75) is 25.6 Å². The molecule has 0 bridgehead atoms. The van der Waals surface area contributed by atoms with Crippen molar-refractivity contribution in [3.05, 3.63) is 46.5 Å². The first-order valence-corrected chi connectivity index (χ1v) is 8.00. The highest BCUT2D eigenvalue weighted by Crippen LogP contribution is 2.27. The summed E-state index contributed by atoms with van der Waals surface area (Å²) in [5, 5.41) is 2.15. The van der Waals surface area contributed by atoms with Gasteiger partial charge in [-0.2, -0.15) is 13.2 Å². The smallest absolute Gasteiger partial charge is 0.390 e. The average molecular weight is 365 g/mol. The minimum absolute atomic E-state index is 0.191. The minimum Gasteiger partial charge on any atom is -0.492 e. The fraction of sp³-hybridized carbons (Fsp3) is 0.333. The standard InChI is InChI=1S/C18H18F3N3O2/c1-10-16-14(5-6-23-10)13-4-3-12(7-15(13)24(2)17(16)25)26-9-11(22)8-18(19,20)21/h3-7,11H,8-9,22H2,1-2H3/t11-/m1/s1. The summed E-state index contributed by atoms with van der Waals surface area (Å²) in [7, 11) is 1.63. The van der Waals surface area contributed by atoms with Gasteiger partial charge in [-0.15, -0.1) is 0 Å². The lowest BCUT2D eigenvalue weighted by molar-refractivity contribution is -0.139. The molecule has 1 aromatic carbocycles. The van der Waals surface area contributed by atoms with Crippen LogP contribution in [0, 0.1) is 6.92 Å². The lowest BCUT2D eigenvalue weighted by Gasteiger charge is -2.16. The van der Waals surface area contributed by atoms with Crippen LogP contribution in [0.15, 0.2) is 35.3 Å². The zero-order chi connectivity index (χ0) is 19.1. The molecule has 26 heavy (non-hydrogen) atoms. The minimum atomic E-state index is -4.33. The van der Waals surface area contributed by atoms with Crippen LogP contribution in [-0.4, -0.2) is 28.4 Å². The van der Waals surface area contributed by atoms with Gasteiger partial charge in [0.2, 0.25) is 0 Å². The Kier molecular flexibility index (Phi) is 4.62. The van der Waals surface area contributed by atoms with Crippen molar-refractivity contribution in [2.24, 2.45) is 12.8 Å². The summed E-state index contributed by atoms with van der Waals surface area (Å²) in [5.74, 6) is 0.357. The lowest BCUT2D eigenvalue weighted by Crippen LogP contribution is -2.33. The third kappa shape index (κ3) is 3.50. The van der Waals surface area contributed by atoms with Crippen molar-refractivity contribution < 1.29 is 17.9 Å². The van der Waals surface area contributed by atoms with Crippen molar-refractivity contribution in [1.29, 1.82) is 0 Å². The highest BCUT2D eigenvalue weighted by molar-refractivity contribution is 6.06. The number of ether oxygens (including phenoxy) is 1. The van der Waals surface area contributed by atoms with E-state index in [0.29, 0.717) is 22.3 Å². The third-order valence-corrected chi connectivity index (χ3v) is 4.24. The Morgan fingerprint density at radius 1 is 1.27 bits per heavy atom. The Labute approximate surface area is 147 Å². The molecule has 5 nitrogen and oxygen atoms in total. The van der Waals surface area contributed by atoms with Crippen molar-refractivity contribution in [3.8, 4) is 5.75 Å². The van der Waals surface area contributed by atoms with Crippen LogP contribution < -0.4 is 16.0 Å². The van der Waals surface area contributed by atoms with E-state index in [1.54, 1.807) is 44.4 Å². The lowest BCUT2D eigenvalue weighted by atomic mass is 10.1. The molecule has 3 aromatic rings. The second kappa shape index (κ2) is 6.60. The largest absolute Gasteiger partial charge is 0.492 e. The molecular formula is C18H18F3N3O2. The van der Waals surface area contributed by atoms with E-state index in [-0.39, 0.29) is 12.2 Å². The van der Waals surface area contributed by atoms with Gasteiger partial charge in [0.1, 0.15) is 12.4 Å².